The molecule has 8 heteroatoms. The summed E-state index contributed by atoms with van der Waals surface area (Å²) < 4.78 is 26.0. The Morgan fingerprint density at radius 1 is 0.286 bits per heavy atom. The van der Waals surface area contributed by atoms with Crippen LogP contribution in [0.4, 0.5) is 0 Å². The number of nitriles is 2. The number of hydrogen-bond acceptors (Lipinski definition) is 5. The third-order valence-electron chi connectivity index (χ3n) is 14.7. The predicted octanol–water partition coefficient (Wildman–Crippen LogP) is 16.4. The van der Waals surface area contributed by atoms with Crippen molar-refractivity contribution in [2.45, 2.75) is 0 Å². The third kappa shape index (κ3) is 4.57. The normalized spacial score (nSPS) is 12.3. The summed E-state index contributed by atoms with van der Waals surface area (Å²) >= 11 is 0. The quantitative estimate of drug-likeness (QED) is 0.176. The fourth-order valence-electron chi connectivity index (χ4n) is 12.0. The molecule has 16 rings (SSSR count). The van der Waals surface area contributed by atoms with Gasteiger partial charge < -0.3 is 27.0 Å². The van der Waals surface area contributed by atoms with E-state index in [1.807, 2.05) is 97.1 Å². The third-order valence-corrected chi connectivity index (χ3v) is 14.7. The van der Waals surface area contributed by atoms with Gasteiger partial charge in [0, 0.05) is 64.6 Å². The van der Waals surface area contributed by atoms with Crippen molar-refractivity contribution < 1.29 is 13.3 Å². The van der Waals surface area contributed by atoms with Crippen molar-refractivity contribution in [3.05, 3.63) is 199 Å². The molecular formula is C62H31N5O3. The van der Waals surface area contributed by atoms with Crippen molar-refractivity contribution in [1.29, 1.82) is 10.5 Å². The van der Waals surface area contributed by atoms with E-state index in [9.17, 15) is 10.5 Å². The molecule has 0 saturated heterocycles. The maximum atomic E-state index is 12.0. The lowest BCUT2D eigenvalue weighted by Crippen LogP contribution is -2.11. The van der Waals surface area contributed by atoms with Crippen LogP contribution in [0.15, 0.2) is 201 Å². The molecule has 16 aromatic rings. The Hall–Kier alpha value is -10.0. The smallest absolute Gasteiger partial charge is 0.136 e. The van der Waals surface area contributed by atoms with Gasteiger partial charge in [-0.05, 0) is 78.9 Å². The number of furan rings is 3. The number of benzene rings is 10. The highest BCUT2D eigenvalue weighted by atomic mass is 16.3. The molecule has 8 nitrogen and oxygen atoms in total. The van der Waals surface area contributed by atoms with Crippen molar-refractivity contribution in [1.82, 2.24) is 13.7 Å². The van der Waals surface area contributed by atoms with E-state index in [4.69, 9.17) is 13.3 Å². The van der Waals surface area contributed by atoms with Crippen LogP contribution in [0.25, 0.3) is 148 Å². The van der Waals surface area contributed by atoms with Gasteiger partial charge in [-0.2, -0.15) is 10.5 Å². The van der Waals surface area contributed by atoms with Crippen molar-refractivity contribution in [3.8, 4) is 29.2 Å². The minimum atomic E-state index is 0.351. The van der Waals surface area contributed by atoms with Crippen LogP contribution in [0.1, 0.15) is 11.1 Å². The molecule has 0 radical (unpaired) electrons. The Morgan fingerprint density at radius 2 is 0.600 bits per heavy atom. The molecule has 70 heavy (non-hydrogen) atoms. The average Bonchev–Trinajstić information content (AvgIpc) is 4.26. The molecule has 0 unspecified atom stereocenters. The van der Waals surface area contributed by atoms with Crippen LogP contribution >= 0.6 is 0 Å². The second-order valence-electron chi connectivity index (χ2n) is 18.1. The lowest BCUT2D eigenvalue weighted by atomic mass is 10.0. The SMILES string of the molecule is N#Cc1c(-n2c3ccccc3c3c4c(ccc32)oc2ccccc24)cc(-n2c3ccccc3c3c4c(ccc32)oc2ccccc24)c(C#N)c1-n1c2ccccc2c2c3c(ccc21)oc1ccccc13. The maximum absolute atomic E-state index is 12.0. The van der Waals surface area contributed by atoms with Crippen molar-refractivity contribution in [3.63, 3.8) is 0 Å². The molecule has 0 bridgehead atoms. The fraction of sp³-hybridized carbons (Fsp3) is 0. The van der Waals surface area contributed by atoms with Gasteiger partial charge in [0.1, 0.15) is 56.8 Å². The van der Waals surface area contributed by atoms with Crippen molar-refractivity contribution in [2.75, 3.05) is 0 Å². The molecule has 0 spiro atoms. The summed E-state index contributed by atoms with van der Waals surface area (Å²) in [6.45, 7) is 0. The Balaban J connectivity index is 1.14. The van der Waals surface area contributed by atoms with E-state index >= 15 is 0 Å². The van der Waals surface area contributed by atoms with E-state index in [0.29, 0.717) is 28.2 Å². The molecule has 0 fully saturated rings. The van der Waals surface area contributed by atoms with Crippen LogP contribution in [0, 0.1) is 22.7 Å². The summed E-state index contributed by atoms with van der Waals surface area (Å²) in [7, 11) is 0. The lowest BCUT2D eigenvalue weighted by molar-refractivity contribution is 0.669. The minimum absolute atomic E-state index is 0.351. The minimum Gasteiger partial charge on any atom is -0.456 e. The Kier molecular flexibility index (Phi) is 7.06. The van der Waals surface area contributed by atoms with Crippen LogP contribution in [0.5, 0.6) is 0 Å². The molecule has 0 aliphatic rings. The molecule has 0 N–H and O–H groups in total. The average molecular weight is 894 g/mol. The summed E-state index contributed by atoms with van der Waals surface area (Å²) in [5, 5.41) is 36.0. The lowest BCUT2D eigenvalue weighted by Gasteiger charge is -2.21. The van der Waals surface area contributed by atoms with Gasteiger partial charge in [-0.1, -0.05) is 109 Å². The number of nitrogens with zero attached hydrogens (tertiary/aromatic N) is 5. The van der Waals surface area contributed by atoms with Crippen molar-refractivity contribution in [2.24, 2.45) is 0 Å². The van der Waals surface area contributed by atoms with Gasteiger partial charge in [-0.3, -0.25) is 0 Å². The molecule has 10 aromatic carbocycles. The van der Waals surface area contributed by atoms with Gasteiger partial charge in [0.25, 0.3) is 0 Å². The van der Waals surface area contributed by atoms with Crippen LogP contribution in [-0.4, -0.2) is 13.7 Å². The topological polar surface area (TPSA) is 102 Å². The van der Waals surface area contributed by atoms with Crippen LogP contribution in [0.2, 0.25) is 0 Å². The maximum Gasteiger partial charge on any atom is 0.136 e. The Labute approximate surface area is 395 Å². The number of aromatic nitrogens is 3. The van der Waals surface area contributed by atoms with Gasteiger partial charge in [-0.15, -0.1) is 0 Å². The Morgan fingerprint density at radius 3 is 0.971 bits per heavy atom. The largest absolute Gasteiger partial charge is 0.456 e. The second kappa shape index (κ2) is 13.3. The van der Waals surface area contributed by atoms with E-state index in [2.05, 4.69) is 117 Å². The van der Waals surface area contributed by atoms with E-state index in [0.717, 1.165) is 131 Å². The van der Waals surface area contributed by atoms with Gasteiger partial charge in [0.15, 0.2) is 0 Å². The van der Waals surface area contributed by atoms with E-state index < -0.39 is 0 Å². The number of rotatable bonds is 3. The molecule has 6 heterocycles. The van der Waals surface area contributed by atoms with E-state index in [-0.39, 0.29) is 0 Å². The first-order valence-corrected chi connectivity index (χ1v) is 23.2. The predicted molar refractivity (Wildman–Crippen MR) is 281 cm³/mol. The highest BCUT2D eigenvalue weighted by Crippen LogP contribution is 2.48. The van der Waals surface area contributed by atoms with Crippen molar-refractivity contribution >= 4 is 131 Å². The standard InChI is InChI=1S/C62H31N5O3/c63-32-40-48(65-42-19-7-1-13-34(42)56-45(65)25-28-53-59(56)37-16-4-10-22-50(37)68-53)31-49(66-43-20-8-2-14-35(43)57-46(66)26-29-54-60(57)38-17-5-11-23-51(38)69-54)41(33-64)62(40)67-44-21-9-3-15-36(44)58-47(67)27-30-55-61(58)39-18-6-12-24-52(39)70-55/h1-31H. The molecule has 0 aliphatic heterocycles. The molecule has 0 aliphatic carbocycles. The summed E-state index contributed by atoms with van der Waals surface area (Å²) in [6.07, 6.45) is 0. The molecule has 6 aromatic heterocycles. The molecular weight excluding hydrogens is 863 g/mol. The summed E-state index contributed by atoms with van der Waals surface area (Å²) in [6, 6.07) is 69.3. The van der Waals surface area contributed by atoms with E-state index in [1.165, 1.54) is 0 Å². The first-order valence-electron chi connectivity index (χ1n) is 23.2. The molecule has 0 atom stereocenters. The zero-order valence-corrected chi connectivity index (χ0v) is 36.9. The number of fused-ring (bicyclic) bond motifs is 21. The Bertz CT molecular complexity index is 4890. The first-order chi connectivity index (χ1) is 34.7. The number of hydrogen-bond donors (Lipinski definition) is 0. The molecule has 0 saturated carbocycles. The highest BCUT2D eigenvalue weighted by molar-refractivity contribution is 6.30. The molecule has 322 valence electrons. The van der Waals surface area contributed by atoms with Gasteiger partial charge in [0.05, 0.1) is 50.2 Å². The monoisotopic (exact) mass is 893 g/mol. The molecule has 0 amide bonds. The number of para-hydroxylation sites is 6. The van der Waals surface area contributed by atoms with Gasteiger partial charge >= 0.3 is 0 Å². The summed E-state index contributed by atoms with van der Waals surface area (Å²) in [4.78, 5) is 0. The van der Waals surface area contributed by atoms with Gasteiger partial charge in [0.2, 0.25) is 0 Å². The van der Waals surface area contributed by atoms with Crippen LogP contribution in [0.3, 0.4) is 0 Å². The fourth-order valence-corrected chi connectivity index (χ4v) is 12.0. The first kappa shape index (κ1) is 37.1. The van der Waals surface area contributed by atoms with Crippen LogP contribution in [-0.2, 0) is 0 Å². The summed E-state index contributed by atoms with van der Waals surface area (Å²) in [5.41, 5.74) is 12.5. The van der Waals surface area contributed by atoms with Crippen LogP contribution < -0.4 is 0 Å². The van der Waals surface area contributed by atoms with Gasteiger partial charge in [-0.25, -0.2) is 0 Å². The van der Waals surface area contributed by atoms with E-state index in [1.54, 1.807) is 0 Å². The summed E-state index contributed by atoms with van der Waals surface area (Å²) in [5.74, 6) is 0. The zero-order chi connectivity index (χ0) is 45.9. The second-order valence-corrected chi connectivity index (χ2v) is 18.1. The highest BCUT2D eigenvalue weighted by Gasteiger charge is 2.30. The zero-order valence-electron chi connectivity index (χ0n) is 36.9.